The molecule has 0 saturated carbocycles. The van der Waals surface area contributed by atoms with Gasteiger partial charge in [-0.1, -0.05) is 0 Å². The van der Waals surface area contributed by atoms with Gasteiger partial charge in [0.1, 0.15) is 9.84 Å². The predicted molar refractivity (Wildman–Crippen MR) is 83.3 cm³/mol. The van der Waals surface area contributed by atoms with Gasteiger partial charge in [0.05, 0.1) is 23.9 Å². The topological polar surface area (TPSA) is 64.6 Å². The highest BCUT2D eigenvalue weighted by Gasteiger charge is 2.11. The molecule has 0 spiro atoms. The number of methoxy groups -OCH3 is 1. The summed E-state index contributed by atoms with van der Waals surface area (Å²) < 4.78 is 33.7. The molecular formula is C13H20BrNO4S. The average Bonchev–Trinajstić information content (AvgIpc) is 2.36. The van der Waals surface area contributed by atoms with Gasteiger partial charge in [0.2, 0.25) is 0 Å². The van der Waals surface area contributed by atoms with Crippen LogP contribution in [0.25, 0.3) is 0 Å². The monoisotopic (exact) mass is 365 g/mol. The van der Waals surface area contributed by atoms with E-state index < -0.39 is 9.84 Å². The van der Waals surface area contributed by atoms with Gasteiger partial charge >= 0.3 is 0 Å². The number of hydrogen-bond acceptors (Lipinski definition) is 5. The van der Waals surface area contributed by atoms with E-state index in [4.69, 9.17) is 9.47 Å². The van der Waals surface area contributed by atoms with Crippen molar-refractivity contribution in [3.63, 3.8) is 0 Å². The van der Waals surface area contributed by atoms with Crippen LogP contribution in [0.4, 0.5) is 0 Å². The van der Waals surface area contributed by atoms with Gasteiger partial charge < -0.3 is 14.8 Å². The molecule has 0 fully saturated rings. The van der Waals surface area contributed by atoms with E-state index >= 15 is 0 Å². The van der Waals surface area contributed by atoms with Gasteiger partial charge in [-0.3, -0.25) is 0 Å². The lowest BCUT2D eigenvalue weighted by Crippen LogP contribution is -2.22. The SMILES string of the molecule is CCOc1c(Br)cc(CNCCS(C)(=O)=O)cc1OC. The van der Waals surface area contributed by atoms with E-state index in [-0.39, 0.29) is 5.75 Å². The van der Waals surface area contributed by atoms with Crippen LogP contribution >= 0.6 is 15.9 Å². The smallest absolute Gasteiger partial charge is 0.175 e. The van der Waals surface area contributed by atoms with E-state index in [0.717, 1.165) is 10.0 Å². The number of ether oxygens (including phenoxy) is 2. The Kier molecular flexibility index (Phi) is 6.78. The van der Waals surface area contributed by atoms with Crippen molar-refractivity contribution in [3.8, 4) is 11.5 Å². The Labute approximate surface area is 128 Å². The van der Waals surface area contributed by atoms with Crippen LogP contribution in [0, 0.1) is 0 Å². The van der Waals surface area contributed by atoms with Crippen molar-refractivity contribution in [2.75, 3.05) is 32.3 Å². The summed E-state index contributed by atoms with van der Waals surface area (Å²) in [5, 5.41) is 3.09. The lowest BCUT2D eigenvalue weighted by Gasteiger charge is -2.13. The molecule has 0 aliphatic carbocycles. The molecule has 5 nitrogen and oxygen atoms in total. The predicted octanol–water partition coefficient (Wildman–Crippen LogP) is 1.99. The Morgan fingerprint density at radius 3 is 2.60 bits per heavy atom. The quantitative estimate of drug-likeness (QED) is 0.713. The van der Waals surface area contributed by atoms with E-state index in [1.165, 1.54) is 6.26 Å². The largest absolute Gasteiger partial charge is 0.493 e. The van der Waals surface area contributed by atoms with E-state index in [1.54, 1.807) is 7.11 Å². The Balaban J connectivity index is 2.70. The van der Waals surface area contributed by atoms with Gasteiger partial charge in [0, 0.05) is 19.3 Å². The molecule has 20 heavy (non-hydrogen) atoms. The first kappa shape index (κ1) is 17.3. The third kappa shape index (κ3) is 5.68. The molecule has 0 bridgehead atoms. The summed E-state index contributed by atoms with van der Waals surface area (Å²) in [4.78, 5) is 0. The van der Waals surface area contributed by atoms with Crippen LogP contribution < -0.4 is 14.8 Å². The molecule has 0 aromatic heterocycles. The van der Waals surface area contributed by atoms with Crippen LogP contribution in [-0.2, 0) is 16.4 Å². The lowest BCUT2D eigenvalue weighted by atomic mass is 10.2. The summed E-state index contributed by atoms with van der Waals surface area (Å²) in [6.07, 6.45) is 1.23. The first-order valence-electron chi connectivity index (χ1n) is 6.25. The van der Waals surface area contributed by atoms with Crippen molar-refractivity contribution in [3.05, 3.63) is 22.2 Å². The molecule has 7 heteroatoms. The number of benzene rings is 1. The molecule has 0 atom stereocenters. The third-order valence-electron chi connectivity index (χ3n) is 2.56. The minimum absolute atomic E-state index is 0.127. The van der Waals surface area contributed by atoms with Gasteiger partial charge in [-0.2, -0.15) is 0 Å². The molecular weight excluding hydrogens is 346 g/mol. The molecule has 0 unspecified atom stereocenters. The summed E-state index contributed by atoms with van der Waals surface area (Å²) >= 11 is 3.45. The fraction of sp³-hybridized carbons (Fsp3) is 0.538. The summed E-state index contributed by atoms with van der Waals surface area (Å²) in [6, 6.07) is 3.81. The minimum atomic E-state index is -2.93. The molecule has 0 saturated heterocycles. The van der Waals surface area contributed by atoms with Crippen molar-refractivity contribution in [2.45, 2.75) is 13.5 Å². The van der Waals surface area contributed by atoms with Crippen molar-refractivity contribution in [1.29, 1.82) is 0 Å². The van der Waals surface area contributed by atoms with Gasteiger partial charge in [0.25, 0.3) is 0 Å². The van der Waals surface area contributed by atoms with Gasteiger partial charge in [-0.25, -0.2) is 8.42 Å². The molecule has 0 aliphatic rings. The fourth-order valence-corrected chi connectivity index (χ4v) is 2.77. The Morgan fingerprint density at radius 1 is 1.35 bits per heavy atom. The van der Waals surface area contributed by atoms with E-state index in [9.17, 15) is 8.42 Å². The molecule has 1 aromatic carbocycles. The zero-order chi connectivity index (χ0) is 15.2. The first-order valence-corrected chi connectivity index (χ1v) is 9.10. The standard InChI is InChI=1S/C13H20BrNO4S/c1-4-19-13-11(14)7-10(8-12(13)18-2)9-15-5-6-20(3,16)17/h7-8,15H,4-6,9H2,1-3H3. The van der Waals surface area contributed by atoms with Crippen molar-refractivity contribution >= 4 is 25.8 Å². The molecule has 0 heterocycles. The molecule has 1 aromatic rings. The normalized spacial score (nSPS) is 11.4. The third-order valence-corrected chi connectivity index (χ3v) is 4.09. The number of rotatable bonds is 8. The summed E-state index contributed by atoms with van der Waals surface area (Å²) in [7, 11) is -1.34. The lowest BCUT2D eigenvalue weighted by molar-refractivity contribution is 0.308. The van der Waals surface area contributed by atoms with Crippen molar-refractivity contribution < 1.29 is 17.9 Å². The second-order valence-corrected chi connectivity index (χ2v) is 7.46. The zero-order valence-electron chi connectivity index (χ0n) is 11.9. The first-order chi connectivity index (χ1) is 9.37. The fourth-order valence-electron chi connectivity index (χ4n) is 1.65. The second kappa shape index (κ2) is 7.85. The van der Waals surface area contributed by atoms with Gasteiger partial charge in [-0.05, 0) is 40.5 Å². The molecule has 0 amide bonds. The molecule has 0 radical (unpaired) electrons. The van der Waals surface area contributed by atoms with E-state index in [0.29, 0.717) is 31.2 Å². The van der Waals surface area contributed by atoms with Crippen LogP contribution in [0.5, 0.6) is 11.5 Å². The van der Waals surface area contributed by atoms with Crippen LogP contribution in [0.1, 0.15) is 12.5 Å². The van der Waals surface area contributed by atoms with Crippen LogP contribution in [0.3, 0.4) is 0 Å². The Bertz CT molecular complexity index is 546. The molecule has 0 aliphatic heterocycles. The number of hydrogen-bond donors (Lipinski definition) is 1. The second-order valence-electron chi connectivity index (χ2n) is 4.35. The molecule has 1 N–H and O–H groups in total. The maximum atomic E-state index is 11.0. The van der Waals surface area contributed by atoms with Gasteiger partial charge in [0.15, 0.2) is 11.5 Å². The Morgan fingerprint density at radius 2 is 2.05 bits per heavy atom. The summed E-state index contributed by atoms with van der Waals surface area (Å²) in [5.74, 6) is 1.46. The highest BCUT2D eigenvalue weighted by atomic mass is 79.9. The van der Waals surface area contributed by atoms with Gasteiger partial charge in [-0.15, -0.1) is 0 Å². The zero-order valence-corrected chi connectivity index (χ0v) is 14.3. The maximum Gasteiger partial charge on any atom is 0.175 e. The number of sulfone groups is 1. The van der Waals surface area contributed by atoms with Crippen molar-refractivity contribution in [1.82, 2.24) is 5.32 Å². The van der Waals surface area contributed by atoms with Crippen LogP contribution in [0.15, 0.2) is 16.6 Å². The molecule has 1 rings (SSSR count). The average molecular weight is 366 g/mol. The summed E-state index contributed by atoms with van der Waals surface area (Å²) in [5.41, 5.74) is 0.991. The van der Waals surface area contributed by atoms with E-state index in [2.05, 4.69) is 21.2 Å². The molecule has 114 valence electrons. The summed E-state index contributed by atoms with van der Waals surface area (Å²) in [6.45, 7) is 3.45. The Hall–Kier alpha value is -0.790. The van der Waals surface area contributed by atoms with Crippen molar-refractivity contribution in [2.24, 2.45) is 0 Å². The number of halogens is 1. The highest BCUT2D eigenvalue weighted by Crippen LogP contribution is 2.36. The highest BCUT2D eigenvalue weighted by molar-refractivity contribution is 9.10. The number of nitrogens with one attached hydrogen (secondary N) is 1. The van der Waals surface area contributed by atoms with E-state index in [1.807, 2.05) is 19.1 Å². The minimum Gasteiger partial charge on any atom is -0.493 e. The maximum absolute atomic E-state index is 11.0. The van der Waals surface area contributed by atoms with Crippen LogP contribution in [0.2, 0.25) is 0 Å². The van der Waals surface area contributed by atoms with Crippen LogP contribution in [-0.4, -0.2) is 40.7 Å².